The molecule has 0 saturated heterocycles. The Kier molecular flexibility index (Phi) is 5.23. The largest absolute Gasteiger partial charge is 0.493 e. The fourth-order valence-corrected chi connectivity index (χ4v) is 3.02. The van der Waals surface area contributed by atoms with Crippen LogP contribution in [-0.2, 0) is 0 Å². The molecule has 1 unspecified atom stereocenters. The zero-order chi connectivity index (χ0) is 13.7. The summed E-state index contributed by atoms with van der Waals surface area (Å²) < 4.78 is 5.75. The third-order valence-electron chi connectivity index (χ3n) is 4.10. The normalized spacial score (nSPS) is 17.8. The van der Waals surface area contributed by atoms with E-state index in [0.29, 0.717) is 12.0 Å². The predicted molar refractivity (Wildman–Crippen MR) is 77.7 cm³/mol. The summed E-state index contributed by atoms with van der Waals surface area (Å²) in [7, 11) is 0. The maximum atomic E-state index is 9.27. The molecule has 0 spiro atoms. The number of para-hydroxylation sites is 1. The standard InChI is InChI=1S/C16H25NO2/c1-3-14(4-2)17(9-10-18)11-13-12-19-16-8-6-5-7-15(13)16/h5-8,13-14,18H,3-4,9-12H2,1-2H3. The van der Waals surface area contributed by atoms with Gasteiger partial charge in [-0.1, -0.05) is 32.0 Å². The lowest BCUT2D eigenvalue weighted by molar-refractivity contribution is 0.131. The van der Waals surface area contributed by atoms with Gasteiger partial charge in [-0.2, -0.15) is 0 Å². The summed E-state index contributed by atoms with van der Waals surface area (Å²) in [6.45, 7) is 7.16. The van der Waals surface area contributed by atoms with Gasteiger partial charge in [0.1, 0.15) is 5.75 Å². The molecule has 106 valence electrons. The van der Waals surface area contributed by atoms with Crippen molar-refractivity contribution in [2.24, 2.45) is 0 Å². The first-order valence-electron chi connectivity index (χ1n) is 7.36. The van der Waals surface area contributed by atoms with E-state index in [9.17, 15) is 5.11 Å². The molecule has 0 bridgehead atoms. The molecule has 3 heteroatoms. The van der Waals surface area contributed by atoms with Crippen LogP contribution in [0, 0.1) is 0 Å². The van der Waals surface area contributed by atoms with Gasteiger partial charge in [0.2, 0.25) is 0 Å². The average Bonchev–Trinajstić information content (AvgIpc) is 2.84. The Labute approximate surface area is 116 Å². The molecule has 1 aromatic rings. The Bertz CT molecular complexity index is 390. The smallest absolute Gasteiger partial charge is 0.122 e. The second kappa shape index (κ2) is 6.92. The molecule has 1 aliphatic rings. The molecule has 1 N–H and O–H groups in total. The maximum Gasteiger partial charge on any atom is 0.122 e. The third kappa shape index (κ3) is 3.28. The van der Waals surface area contributed by atoms with E-state index in [1.54, 1.807) is 0 Å². The molecule has 0 fully saturated rings. The summed E-state index contributed by atoms with van der Waals surface area (Å²) in [6.07, 6.45) is 2.26. The zero-order valence-electron chi connectivity index (χ0n) is 12.0. The van der Waals surface area contributed by atoms with Crippen LogP contribution < -0.4 is 4.74 Å². The minimum atomic E-state index is 0.228. The van der Waals surface area contributed by atoms with Crippen LogP contribution >= 0.6 is 0 Å². The number of rotatable bonds is 7. The van der Waals surface area contributed by atoms with Crippen molar-refractivity contribution < 1.29 is 9.84 Å². The first kappa shape index (κ1) is 14.4. The van der Waals surface area contributed by atoms with Crippen molar-refractivity contribution >= 4 is 0 Å². The molecule has 1 aromatic carbocycles. The van der Waals surface area contributed by atoms with Gasteiger partial charge in [0, 0.05) is 30.6 Å². The minimum Gasteiger partial charge on any atom is -0.493 e. The molecule has 3 nitrogen and oxygen atoms in total. The van der Waals surface area contributed by atoms with Gasteiger partial charge < -0.3 is 9.84 Å². The molecule has 0 aromatic heterocycles. The first-order valence-corrected chi connectivity index (χ1v) is 7.36. The molecular formula is C16H25NO2. The van der Waals surface area contributed by atoms with E-state index < -0.39 is 0 Å². The van der Waals surface area contributed by atoms with Crippen molar-refractivity contribution in [3.05, 3.63) is 29.8 Å². The quantitative estimate of drug-likeness (QED) is 0.821. The summed E-state index contributed by atoms with van der Waals surface area (Å²) in [4.78, 5) is 2.41. The van der Waals surface area contributed by atoms with Crippen molar-refractivity contribution in [2.75, 3.05) is 26.3 Å². The van der Waals surface area contributed by atoms with Gasteiger partial charge in [0.25, 0.3) is 0 Å². The van der Waals surface area contributed by atoms with Gasteiger partial charge in [0.15, 0.2) is 0 Å². The molecule has 0 radical (unpaired) electrons. The Morgan fingerprint density at radius 2 is 2.05 bits per heavy atom. The highest BCUT2D eigenvalue weighted by molar-refractivity contribution is 5.39. The van der Waals surface area contributed by atoms with E-state index in [2.05, 4.69) is 30.9 Å². The van der Waals surface area contributed by atoms with E-state index in [4.69, 9.17) is 4.74 Å². The maximum absolute atomic E-state index is 9.27. The summed E-state index contributed by atoms with van der Waals surface area (Å²) in [5, 5.41) is 9.27. The zero-order valence-corrected chi connectivity index (χ0v) is 12.0. The average molecular weight is 263 g/mol. The summed E-state index contributed by atoms with van der Waals surface area (Å²) >= 11 is 0. The summed E-state index contributed by atoms with van der Waals surface area (Å²) in [5.41, 5.74) is 1.32. The lowest BCUT2D eigenvalue weighted by Gasteiger charge is -2.31. The van der Waals surface area contributed by atoms with Crippen LogP contribution in [0.15, 0.2) is 24.3 Å². The van der Waals surface area contributed by atoms with Crippen LogP contribution in [0.2, 0.25) is 0 Å². The van der Waals surface area contributed by atoms with Crippen LogP contribution in [-0.4, -0.2) is 42.4 Å². The molecule has 0 saturated carbocycles. The number of nitrogens with zero attached hydrogens (tertiary/aromatic N) is 1. The molecular weight excluding hydrogens is 238 g/mol. The van der Waals surface area contributed by atoms with Crippen LogP contribution in [0.1, 0.15) is 38.2 Å². The molecule has 1 atom stereocenters. The predicted octanol–water partition coefficient (Wildman–Crippen LogP) is 2.65. The lowest BCUT2D eigenvalue weighted by atomic mass is 9.99. The number of aliphatic hydroxyl groups is 1. The Balaban J connectivity index is 2.06. The second-order valence-electron chi connectivity index (χ2n) is 5.23. The minimum absolute atomic E-state index is 0.228. The number of aliphatic hydroxyl groups excluding tert-OH is 1. The molecule has 0 aliphatic carbocycles. The van der Waals surface area contributed by atoms with Gasteiger partial charge in [0.05, 0.1) is 13.2 Å². The SMILES string of the molecule is CCC(CC)N(CCO)CC1COc2ccccc21. The van der Waals surface area contributed by atoms with E-state index in [0.717, 1.165) is 38.3 Å². The fraction of sp³-hybridized carbons (Fsp3) is 0.625. The number of fused-ring (bicyclic) bond motifs is 1. The number of hydrogen-bond donors (Lipinski definition) is 1. The van der Waals surface area contributed by atoms with Gasteiger partial charge in [-0.15, -0.1) is 0 Å². The molecule has 1 heterocycles. The topological polar surface area (TPSA) is 32.7 Å². The molecule has 1 aliphatic heterocycles. The Morgan fingerprint density at radius 3 is 2.74 bits per heavy atom. The number of hydrogen-bond acceptors (Lipinski definition) is 3. The molecule has 2 rings (SSSR count). The van der Waals surface area contributed by atoms with Crippen LogP contribution in [0.25, 0.3) is 0 Å². The van der Waals surface area contributed by atoms with E-state index >= 15 is 0 Å². The van der Waals surface area contributed by atoms with Crippen molar-refractivity contribution in [2.45, 2.75) is 38.6 Å². The van der Waals surface area contributed by atoms with Crippen LogP contribution in [0.4, 0.5) is 0 Å². The van der Waals surface area contributed by atoms with Crippen LogP contribution in [0.3, 0.4) is 0 Å². The molecule has 19 heavy (non-hydrogen) atoms. The summed E-state index contributed by atoms with van der Waals surface area (Å²) in [6, 6.07) is 8.86. The lowest BCUT2D eigenvalue weighted by Crippen LogP contribution is -2.39. The number of ether oxygens (including phenoxy) is 1. The Morgan fingerprint density at radius 1 is 1.32 bits per heavy atom. The highest BCUT2D eigenvalue weighted by atomic mass is 16.5. The molecule has 0 amide bonds. The van der Waals surface area contributed by atoms with Crippen molar-refractivity contribution in [3.63, 3.8) is 0 Å². The van der Waals surface area contributed by atoms with Gasteiger partial charge in [-0.3, -0.25) is 4.90 Å². The summed E-state index contributed by atoms with van der Waals surface area (Å²) in [5.74, 6) is 1.46. The highest BCUT2D eigenvalue weighted by Gasteiger charge is 2.27. The monoisotopic (exact) mass is 263 g/mol. The van der Waals surface area contributed by atoms with Crippen LogP contribution in [0.5, 0.6) is 5.75 Å². The third-order valence-corrected chi connectivity index (χ3v) is 4.10. The Hall–Kier alpha value is -1.06. The first-order chi connectivity index (χ1) is 9.30. The number of benzene rings is 1. The van der Waals surface area contributed by atoms with Gasteiger partial charge in [-0.25, -0.2) is 0 Å². The highest BCUT2D eigenvalue weighted by Crippen LogP contribution is 2.34. The second-order valence-corrected chi connectivity index (χ2v) is 5.23. The fourth-order valence-electron chi connectivity index (χ4n) is 3.02. The van der Waals surface area contributed by atoms with Crippen molar-refractivity contribution in [1.29, 1.82) is 0 Å². The van der Waals surface area contributed by atoms with Crippen molar-refractivity contribution in [1.82, 2.24) is 4.90 Å². The van der Waals surface area contributed by atoms with Gasteiger partial charge >= 0.3 is 0 Å². The van der Waals surface area contributed by atoms with Crippen molar-refractivity contribution in [3.8, 4) is 5.75 Å². The van der Waals surface area contributed by atoms with E-state index in [1.165, 1.54) is 5.56 Å². The van der Waals surface area contributed by atoms with Gasteiger partial charge in [-0.05, 0) is 18.9 Å². The van der Waals surface area contributed by atoms with E-state index in [1.807, 2.05) is 12.1 Å². The van der Waals surface area contributed by atoms with E-state index in [-0.39, 0.29) is 6.61 Å².